The minimum Gasteiger partial charge on any atom is -0.497 e. The van der Waals surface area contributed by atoms with E-state index in [-0.39, 0.29) is 0 Å². The first kappa shape index (κ1) is 12.4. The smallest absolute Gasteiger partial charge is 0.129 e. The Balaban J connectivity index is 2.01. The van der Waals surface area contributed by atoms with Crippen LogP contribution in [0.25, 0.3) is 0 Å². The Morgan fingerprint density at radius 1 is 1.22 bits per heavy atom. The molecule has 2 aromatic rings. The quantitative estimate of drug-likeness (QED) is 0.877. The van der Waals surface area contributed by atoms with Crippen LogP contribution in [0.1, 0.15) is 18.2 Å². The van der Waals surface area contributed by atoms with Crippen molar-refractivity contribution in [2.24, 2.45) is 0 Å². The Bertz CT molecular complexity index is 466. The minimum absolute atomic E-state index is 0.720. The van der Waals surface area contributed by atoms with Crippen LogP contribution in [0.3, 0.4) is 0 Å². The van der Waals surface area contributed by atoms with Crippen molar-refractivity contribution in [2.75, 3.05) is 12.4 Å². The van der Waals surface area contributed by atoms with E-state index in [4.69, 9.17) is 4.74 Å². The third kappa shape index (κ3) is 3.20. The molecular weight excluding hydrogens is 226 g/mol. The third-order valence-corrected chi connectivity index (χ3v) is 2.69. The van der Waals surface area contributed by atoms with E-state index >= 15 is 0 Å². The fourth-order valence-electron chi connectivity index (χ4n) is 1.66. The summed E-state index contributed by atoms with van der Waals surface area (Å²) in [5, 5.41) is 3.28. The van der Waals surface area contributed by atoms with E-state index in [1.54, 1.807) is 13.4 Å². The van der Waals surface area contributed by atoms with Gasteiger partial charge in [0.1, 0.15) is 17.9 Å². The van der Waals surface area contributed by atoms with Crippen molar-refractivity contribution in [1.29, 1.82) is 0 Å². The minimum atomic E-state index is 0.720. The molecule has 0 radical (unpaired) electrons. The molecule has 4 heteroatoms. The monoisotopic (exact) mass is 243 g/mol. The zero-order chi connectivity index (χ0) is 12.8. The first-order chi connectivity index (χ1) is 8.81. The number of anilines is 1. The molecule has 0 saturated heterocycles. The van der Waals surface area contributed by atoms with Crippen LogP contribution in [-0.4, -0.2) is 17.1 Å². The summed E-state index contributed by atoms with van der Waals surface area (Å²) in [6, 6.07) is 9.95. The van der Waals surface area contributed by atoms with Crippen molar-refractivity contribution in [2.45, 2.75) is 19.9 Å². The van der Waals surface area contributed by atoms with Gasteiger partial charge in [0.25, 0.3) is 0 Å². The molecule has 1 N–H and O–H groups in total. The molecule has 1 heterocycles. The molecule has 0 atom stereocenters. The molecule has 0 fully saturated rings. The third-order valence-electron chi connectivity index (χ3n) is 2.69. The maximum absolute atomic E-state index is 5.19. The summed E-state index contributed by atoms with van der Waals surface area (Å²) in [7, 11) is 1.67. The van der Waals surface area contributed by atoms with Crippen LogP contribution in [0.4, 0.5) is 5.82 Å². The van der Waals surface area contributed by atoms with E-state index in [2.05, 4.69) is 28.3 Å². The molecule has 0 amide bonds. The highest BCUT2D eigenvalue weighted by Gasteiger charge is 1.99. The molecule has 0 aliphatic carbocycles. The lowest BCUT2D eigenvalue weighted by molar-refractivity contribution is 0.414. The molecule has 0 aliphatic heterocycles. The molecule has 2 rings (SSSR count). The molecular formula is C14H17N3O. The molecule has 0 unspecified atom stereocenters. The van der Waals surface area contributed by atoms with Gasteiger partial charge >= 0.3 is 0 Å². The highest BCUT2D eigenvalue weighted by Crippen LogP contribution is 2.14. The van der Waals surface area contributed by atoms with E-state index in [1.807, 2.05) is 24.3 Å². The van der Waals surface area contributed by atoms with E-state index in [1.165, 1.54) is 0 Å². The lowest BCUT2D eigenvalue weighted by Gasteiger charge is -2.07. The number of methoxy groups -OCH3 is 1. The Morgan fingerprint density at radius 3 is 2.89 bits per heavy atom. The van der Waals surface area contributed by atoms with Gasteiger partial charge in [-0.2, -0.15) is 0 Å². The fourth-order valence-corrected chi connectivity index (χ4v) is 1.66. The van der Waals surface area contributed by atoms with Crippen molar-refractivity contribution >= 4 is 5.82 Å². The number of nitrogens with one attached hydrogen (secondary N) is 1. The molecule has 18 heavy (non-hydrogen) atoms. The zero-order valence-corrected chi connectivity index (χ0v) is 10.7. The standard InChI is InChI=1S/C14H17N3O/c1-3-12-8-14(17-10-16-12)15-9-11-5-4-6-13(7-11)18-2/h4-8,10H,3,9H2,1-2H3,(H,15,16,17). The second-order valence-corrected chi connectivity index (χ2v) is 3.95. The van der Waals surface area contributed by atoms with Gasteiger partial charge in [-0.1, -0.05) is 19.1 Å². The summed E-state index contributed by atoms with van der Waals surface area (Å²) >= 11 is 0. The van der Waals surface area contributed by atoms with Crippen LogP contribution in [-0.2, 0) is 13.0 Å². The Morgan fingerprint density at radius 2 is 2.11 bits per heavy atom. The van der Waals surface area contributed by atoms with Gasteiger partial charge in [0.05, 0.1) is 7.11 Å². The molecule has 0 saturated carbocycles. The number of ether oxygens (including phenoxy) is 1. The van der Waals surface area contributed by atoms with Crippen LogP contribution < -0.4 is 10.1 Å². The normalized spacial score (nSPS) is 10.1. The predicted octanol–water partition coefficient (Wildman–Crippen LogP) is 2.66. The summed E-state index contributed by atoms with van der Waals surface area (Å²) < 4.78 is 5.19. The number of rotatable bonds is 5. The van der Waals surface area contributed by atoms with Crippen molar-refractivity contribution in [3.05, 3.63) is 47.9 Å². The van der Waals surface area contributed by atoms with Gasteiger partial charge in [0.15, 0.2) is 0 Å². The van der Waals surface area contributed by atoms with Crippen molar-refractivity contribution < 1.29 is 4.74 Å². The van der Waals surface area contributed by atoms with Crippen LogP contribution in [0.15, 0.2) is 36.7 Å². The predicted molar refractivity (Wildman–Crippen MR) is 71.7 cm³/mol. The van der Waals surface area contributed by atoms with E-state index in [9.17, 15) is 0 Å². The number of benzene rings is 1. The summed E-state index contributed by atoms with van der Waals surface area (Å²) in [6.45, 7) is 2.80. The van der Waals surface area contributed by atoms with E-state index < -0.39 is 0 Å². The second-order valence-electron chi connectivity index (χ2n) is 3.95. The maximum atomic E-state index is 5.19. The van der Waals surface area contributed by atoms with Crippen LogP contribution in [0.5, 0.6) is 5.75 Å². The highest BCUT2D eigenvalue weighted by molar-refractivity contribution is 5.37. The summed E-state index contributed by atoms with van der Waals surface area (Å²) in [5.41, 5.74) is 2.20. The zero-order valence-electron chi connectivity index (χ0n) is 10.7. The Labute approximate surface area is 107 Å². The number of aryl methyl sites for hydroxylation is 1. The number of nitrogens with zero attached hydrogens (tertiary/aromatic N) is 2. The van der Waals surface area contributed by atoms with E-state index in [0.717, 1.165) is 35.8 Å². The largest absolute Gasteiger partial charge is 0.497 e. The van der Waals surface area contributed by atoms with Gasteiger partial charge < -0.3 is 10.1 Å². The molecule has 1 aromatic heterocycles. The van der Waals surface area contributed by atoms with Crippen LogP contribution in [0.2, 0.25) is 0 Å². The topological polar surface area (TPSA) is 47.0 Å². The molecule has 0 bridgehead atoms. The first-order valence-corrected chi connectivity index (χ1v) is 5.99. The Kier molecular flexibility index (Phi) is 4.12. The first-order valence-electron chi connectivity index (χ1n) is 5.99. The molecule has 0 aliphatic rings. The summed E-state index contributed by atoms with van der Waals surface area (Å²) in [4.78, 5) is 8.36. The maximum Gasteiger partial charge on any atom is 0.129 e. The number of hydrogen-bond acceptors (Lipinski definition) is 4. The number of hydrogen-bond donors (Lipinski definition) is 1. The van der Waals surface area contributed by atoms with Crippen molar-refractivity contribution in [1.82, 2.24) is 9.97 Å². The Hall–Kier alpha value is -2.10. The van der Waals surface area contributed by atoms with Crippen LogP contribution >= 0.6 is 0 Å². The van der Waals surface area contributed by atoms with Gasteiger partial charge in [-0.3, -0.25) is 0 Å². The van der Waals surface area contributed by atoms with Gasteiger partial charge in [-0.15, -0.1) is 0 Å². The molecule has 94 valence electrons. The molecule has 1 aromatic carbocycles. The average Bonchev–Trinajstić information content (AvgIpc) is 2.45. The molecule has 4 nitrogen and oxygen atoms in total. The van der Waals surface area contributed by atoms with Crippen molar-refractivity contribution in [3.63, 3.8) is 0 Å². The second kappa shape index (κ2) is 6.00. The SMILES string of the molecule is CCc1cc(NCc2cccc(OC)c2)ncn1. The lowest BCUT2D eigenvalue weighted by Crippen LogP contribution is -2.02. The van der Waals surface area contributed by atoms with Crippen molar-refractivity contribution in [3.8, 4) is 5.75 Å². The average molecular weight is 243 g/mol. The summed E-state index contributed by atoms with van der Waals surface area (Å²) in [5.74, 6) is 1.72. The van der Waals surface area contributed by atoms with Crippen LogP contribution in [0, 0.1) is 0 Å². The van der Waals surface area contributed by atoms with Gasteiger partial charge in [-0.25, -0.2) is 9.97 Å². The van der Waals surface area contributed by atoms with Gasteiger partial charge in [0.2, 0.25) is 0 Å². The fraction of sp³-hybridized carbons (Fsp3) is 0.286. The molecule has 0 spiro atoms. The number of aromatic nitrogens is 2. The highest BCUT2D eigenvalue weighted by atomic mass is 16.5. The van der Waals surface area contributed by atoms with Gasteiger partial charge in [-0.05, 0) is 24.1 Å². The van der Waals surface area contributed by atoms with E-state index in [0.29, 0.717) is 0 Å². The lowest BCUT2D eigenvalue weighted by atomic mass is 10.2. The van der Waals surface area contributed by atoms with Gasteiger partial charge in [0, 0.05) is 18.3 Å². The summed E-state index contributed by atoms with van der Waals surface area (Å²) in [6.07, 6.45) is 2.50.